The van der Waals surface area contributed by atoms with Crippen molar-refractivity contribution in [3.05, 3.63) is 35.1 Å². The smallest absolute Gasteiger partial charge is 0.174 e. The number of nitrogens with zero attached hydrogens (tertiary/aromatic N) is 2. The molecule has 3 nitrogen and oxygen atoms in total. The fourth-order valence-electron chi connectivity index (χ4n) is 1.44. The summed E-state index contributed by atoms with van der Waals surface area (Å²) in [6.07, 6.45) is 2.39. The highest BCUT2D eigenvalue weighted by molar-refractivity contribution is 8.01. The first-order valence-corrected chi connectivity index (χ1v) is 7.10. The predicted molar refractivity (Wildman–Crippen MR) is 72.8 cm³/mol. The summed E-state index contributed by atoms with van der Waals surface area (Å²) in [5.41, 5.74) is 7.04. The summed E-state index contributed by atoms with van der Waals surface area (Å²) in [6, 6.07) is 5.99. The van der Waals surface area contributed by atoms with E-state index < -0.39 is 0 Å². The molecule has 0 saturated heterocycles. The number of nitrogens with two attached hydrogens (primary N) is 1. The van der Waals surface area contributed by atoms with E-state index in [-0.39, 0.29) is 6.04 Å². The number of rotatable bonds is 4. The second-order valence-electron chi connectivity index (χ2n) is 3.74. The van der Waals surface area contributed by atoms with Crippen molar-refractivity contribution in [2.45, 2.75) is 28.6 Å². The van der Waals surface area contributed by atoms with Crippen LogP contribution in [0.25, 0.3) is 0 Å². The SMILES string of the molecule is CC(N)Cc1ccc(Cl)cc1Sc1ncns1. The summed E-state index contributed by atoms with van der Waals surface area (Å²) < 4.78 is 4.90. The van der Waals surface area contributed by atoms with Crippen molar-refractivity contribution >= 4 is 34.9 Å². The number of hydrogen-bond donors (Lipinski definition) is 1. The van der Waals surface area contributed by atoms with E-state index in [4.69, 9.17) is 17.3 Å². The Morgan fingerprint density at radius 3 is 3.00 bits per heavy atom. The molecule has 1 aromatic carbocycles. The molecule has 0 saturated carbocycles. The van der Waals surface area contributed by atoms with Gasteiger partial charge in [-0.05, 0) is 42.6 Å². The van der Waals surface area contributed by atoms with Gasteiger partial charge in [-0.3, -0.25) is 0 Å². The lowest BCUT2D eigenvalue weighted by molar-refractivity contribution is 0.729. The average molecular weight is 286 g/mol. The third-order valence-corrected chi connectivity index (χ3v) is 4.16. The van der Waals surface area contributed by atoms with Crippen LogP contribution < -0.4 is 5.73 Å². The van der Waals surface area contributed by atoms with Crippen LogP contribution in [-0.4, -0.2) is 15.4 Å². The maximum absolute atomic E-state index is 6.02. The highest BCUT2D eigenvalue weighted by Crippen LogP contribution is 2.33. The Kier molecular flexibility index (Phi) is 4.39. The van der Waals surface area contributed by atoms with Crippen LogP contribution in [0.5, 0.6) is 0 Å². The van der Waals surface area contributed by atoms with Gasteiger partial charge in [0.25, 0.3) is 0 Å². The van der Waals surface area contributed by atoms with Gasteiger partial charge in [-0.1, -0.05) is 29.4 Å². The quantitative estimate of drug-likeness (QED) is 0.937. The van der Waals surface area contributed by atoms with Crippen molar-refractivity contribution in [1.82, 2.24) is 9.36 Å². The van der Waals surface area contributed by atoms with Gasteiger partial charge in [0.2, 0.25) is 0 Å². The molecular formula is C11H12ClN3S2. The lowest BCUT2D eigenvalue weighted by atomic mass is 10.1. The van der Waals surface area contributed by atoms with Crippen LogP contribution in [0.4, 0.5) is 0 Å². The molecular weight excluding hydrogens is 274 g/mol. The molecule has 2 rings (SSSR count). The van der Waals surface area contributed by atoms with Crippen molar-refractivity contribution < 1.29 is 0 Å². The van der Waals surface area contributed by atoms with E-state index in [9.17, 15) is 0 Å². The minimum absolute atomic E-state index is 0.130. The average Bonchev–Trinajstić information content (AvgIpc) is 2.74. The van der Waals surface area contributed by atoms with Crippen LogP contribution in [0, 0.1) is 0 Å². The maximum Gasteiger partial charge on any atom is 0.174 e. The Hall–Kier alpha value is -0.620. The lowest BCUT2D eigenvalue weighted by Crippen LogP contribution is -2.18. The molecule has 0 fully saturated rings. The zero-order valence-electron chi connectivity index (χ0n) is 9.26. The first kappa shape index (κ1) is 12.8. The molecule has 0 radical (unpaired) electrons. The van der Waals surface area contributed by atoms with Gasteiger partial charge in [-0.2, -0.15) is 4.37 Å². The van der Waals surface area contributed by atoms with Gasteiger partial charge >= 0.3 is 0 Å². The predicted octanol–water partition coefficient (Wildman–Crippen LogP) is 3.23. The molecule has 0 aliphatic carbocycles. The zero-order chi connectivity index (χ0) is 12.3. The third-order valence-electron chi connectivity index (χ3n) is 2.11. The molecule has 17 heavy (non-hydrogen) atoms. The van der Waals surface area contributed by atoms with Gasteiger partial charge in [0, 0.05) is 16.0 Å². The van der Waals surface area contributed by atoms with Gasteiger partial charge < -0.3 is 5.73 Å². The van der Waals surface area contributed by atoms with Crippen molar-refractivity contribution in [3.8, 4) is 0 Å². The van der Waals surface area contributed by atoms with Gasteiger partial charge in [-0.15, -0.1) is 0 Å². The molecule has 1 atom stereocenters. The van der Waals surface area contributed by atoms with Gasteiger partial charge in [0.05, 0.1) is 0 Å². The molecule has 0 bridgehead atoms. The van der Waals surface area contributed by atoms with Crippen LogP contribution in [0.15, 0.2) is 33.8 Å². The third kappa shape index (κ3) is 3.67. The molecule has 2 N–H and O–H groups in total. The van der Waals surface area contributed by atoms with Crippen molar-refractivity contribution in [2.24, 2.45) is 5.73 Å². The zero-order valence-corrected chi connectivity index (χ0v) is 11.6. The minimum Gasteiger partial charge on any atom is -0.328 e. The summed E-state index contributed by atoms with van der Waals surface area (Å²) >= 11 is 8.98. The van der Waals surface area contributed by atoms with Crippen LogP contribution >= 0.6 is 34.9 Å². The number of halogens is 1. The summed E-state index contributed by atoms with van der Waals surface area (Å²) in [5.74, 6) is 0. The monoisotopic (exact) mass is 285 g/mol. The molecule has 1 unspecified atom stereocenters. The Morgan fingerprint density at radius 2 is 2.35 bits per heavy atom. The summed E-state index contributed by atoms with van der Waals surface area (Å²) in [4.78, 5) is 5.26. The summed E-state index contributed by atoms with van der Waals surface area (Å²) in [5, 5.41) is 0.727. The Morgan fingerprint density at radius 1 is 1.53 bits per heavy atom. The molecule has 0 spiro atoms. The van der Waals surface area contributed by atoms with E-state index in [1.54, 1.807) is 18.1 Å². The standard InChI is InChI=1S/C11H12ClN3S2/c1-7(13)4-8-2-3-9(12)5-10(8)16-11-14-6-15-17-11/h2-3,5-7H,4,13H2,1H3. The van der Waals surface area contributed by atoms with E-state index in [0.717, 1.165) is 20.7 Å². The van der Waals surface area contributed by atoms with E-state index >= 15 is 0 Å². The highest BCUT2D eigenvalue weighted by atomic mass is 35.5. The molecule has 0 aliphatic rings. The van der Waals surface area contributed by atoms with Gasteiger partial charge in [0.15, 0.2) is 4.34 Å². The first-order chi connectivity index (χ1) is 8.15. The molecule has 0 aliphatic heterocycles. The molecule has 1 heterocycles. The van der Waals surface area contributed by atoms with Crippen molar-refractivity contribution in [1.29, 1.82) is 0 Å². The van der Waals surface area contributed by atoms with Gasteiger partial charge in [-0.25, -0.2) is 4.98 Å². The Labute approximate surface area is 114 Å². The minimum atomic E-state index is 0.130. The fourth-order valence-corrected chi connectivity index (χ4v) is 3.26. The van der Waals surface area contributed by atoms with Crippen molar-refractivity contribution in [2.75, 3.05) is 0 Å². The molecule has 90 valence electrons. The number of hydrogen-bond acceptors (Lipinski definition) is 5. The molecule has 6 heteroatoms. The van der Waals surface area contributed by atoms with E-state index in [0.29, 0.717) is 0 Å². The second kappa shape index (κ2) is 5.82. The largest absolute Gasteiger partial charge is 0.328 e. The molecule has 0 amide bonds. The fraction of sp³-hybridized carbons (Fsp3) is 0.273. The Bertz CT molecular complexity index is 485. The summed E-state index contributed by atoms with van der Waals surface area (Å²) in [7, 11) is 0. The number of benzene rings is 1. The van der Waals surface area contributed by atoms with Gasteiger partial charge in [0.1, 0.15) is 6.33 Å². The first-order valence-electron chi connectivity index (χ1n) is 5.13. The maximum atomic E-state index is 6.02. The van der Waals surface area contributed by atoms with Crippen molar-refractivity contribution in [3.63, 3.8) is 0 Å². The van der Waals surface area contributed by atoms with Crippen LogP contribution in [0.2, 0.25) is 5.02 Å². The molecule has 1 aromatic heterocycles. The van der Waals surface area contributed by atoms with Crippen LogP contribution in [0.1, 0.15) is 12.5 Å². The van der Waals surface area contributed by atoms with Crippen LogP contribution in [-0.2, 0) is 6.42 Å². The lowest BCUT2D eigenvalue weighted by Gasteiger charge is -2.10. The topological polar surface area (TPSA) is 51.8 Å². The van der Waals surface area contributed by atoms with E-state index in [2.05, 4.69) is 9.36 Å². The normalized spacial score (nSPS) is 12.6. The number of aromatic nitrogens is 2. The van der Waals surface area contributed by atoms with Crippen LogP contribution in [0.3, 0.4) is 0 Å². The highest BCUT2D eigenvalue weighted by Gasteiger charge is 2.09. The van der Waals surface area contributed by atoms with E-state index in [1.807, 2.05) is 25.1 Å². The second-order valence-corrected chi connectivity index (χ2v) is 6.25. The molecule has 2 aromatic rings. The van der Waals surface area contributed by atoms with E-state index in [1.165, 1.54) is 17.1 Å². The Balaban J connectivity index is 2.26. The summed E-state index contributed by atoms with van der Waals surface area (Å²) in [6.45, 7) is 1.99.